The van der Waals surface area contributed by atoms with Gasteiger partial charge < -0.3 is 9.66 Å². The Labute approximate surface area is 165 Å². The standard InChI is InChI=1S/C10H8O7S2.2Na/c11-10-7-4-2-1-3-6(7)8(18(12,13)14)5-9(10)19(15,16)17;;/h1-5,11H,(H,12,13,14)(H,15,16,17);;/q;2*+1/p-2. The molecule has 0 aliphatic heterocycles. The Morgan fingerprint density at radius 3 is 1.81 bits per heavy atom. The Kier molecular flexibility index (Phi) is 7.37. The van der Waals surface area contributed by atoms with Gasteiger partial charge >= 0.3 is 59.1 Å². The van der Waals surface area contributed by atoms with Gasteiger partial charge in [0.05, 0.1) is 9.79 Å². The maximum absolute atomic E-state index is 11.8. The van der Waals surface area contributed by atoms with Gasteiger partial charge in [-0.15, -0.1) is 0 Å². The second kappa shape index (κ2) is 7.26. The summed E-state index contributed by atoms with van der Waals surface area (Å²) in [5.74, 6) is -1.06. The molecule has 7 nitrogen and oxygen atoms in total. The van der Waals surface area contributed by atoms with Crippen LogP contribution in [0.15, 0.2) is 40.1 Å². The predicted octanol–water partition coefficient (Wildman–Crippen LogP) is -5.93. The molecule has 2 aromatic rings. The monoisotopic (exact) mass is 348 g/mol. The molecule has 11 heteroatoms. The van der Waals surface area contributed by atoms with E-state index in [2.05, 4.69) is 0 Å². The molecule has 102 valence electrons. The van der Waals surface area contributed by atoms with Crippen molar-refractivity contribution in [1.29, 1.82) is 0 Å². The fourth-order valence-corrected chi connectivity index (χ4v) is 3.08. The van der Waals surface area contributed by atoms with Gasteiger partial charge in [-0.3, -0.25) is 4.55 Å². The minimum atomic E-state index is -4.99. The fraction of sp³-hybridized carbons (Fsp3) is 0. The van der Waals surface area contributed by atoms with E-state index in [1.54, 1.807) is 0 Å². The molecule has 0 saturated heterocycles. The number of rotatable bonds is 2. The first kappa shape index (κ1) is 21.3. The molecule has 0 unspecified atom stereocenters. The molecule has 0 bridgehead atoms. The SMILES string of the molecule is O=S(=O)([O-])c1cc(S(=O)(=O)O)c([O-])c2ccccc12.[Na+].[Na+]. The molecule has 0 fully saturated rings. The first-order chi connectivity index (χ1) is 8.62. The summed E-state index contributed by atoms with van der Waals surface area (Å²) in [5.41, 5.74) is 0. The molecule has 21 heavy (non-hydrogen) atoms. The summed E-state index contributed by atoms with van der Waals surface area (Å²) >= 11 is 0. The van der Waals surface area contributed by atoms with Crippen LogP contribution in [0.5, 0.6) is 5.75 Å². The Bertz CT molecular complexity index is 876. The first-order valence-corrected chi connectivity index (χ1v) is 7.63. The van der Waals surface area contributed by atoms with Gasteiger partial charge in [-0.05, 0) is 16.8 Å². The van der Waals surface area contributed by atoms with Gasteiger partial charge in [0.25, 0.3) is 10.1 Å². The van der Waals surface area contributed by atoms with Gasteiger partial charge in [-0.2, -0.15) is 8.42 Å². The summed E-state index contributed by atoms with van der Waals surface area (Å²) in [6, 6.07) is 5.51. The van der Waals surface area contributed by atoms with Crippen LogP contribution in [0.25, 0.3) is 10.8 Å². The van der Waals surface area contributed by atoms with Crippen LogP contribution in [0.4, 0.5) is 0 Å². The van der Waals surface area contributed by atoms with Crippen molar-refractivity contribution in [3.63, 3.8) is 0 Å². The normalized spacial score (nSPS) is 11.5. The first-order valence-electron chi connectivity index (χ1n) is 4.78. The van der Waals surface area contributed by atoms with Crippen LogP contribution < -0.4 is 64.2 Å². The summed E-state index contributed by atoms with van der Waals surface area (Å²) in [6.07, 6.45) is 0. The smallest absolute Gasteiger partial charge is 0.871 e. The van der Waals surface area contributed by atoms with E-state index in [1.165, 1.54) is 24.3 Å². The minimum Gasteiger partial charge on any atom is -0.871 e. The zero-order valence-corrected chi connectivity index (χ0v) is 16.7. The van der Waals surface area contributed by atoms with E-state index >= 15 is 0 Å². The van der Waals surface area contributed by atoms with Crippen LogP contribution in [0, 0.1) is 0 Å². The van der Waals surface area contributed by atoms with Gasteiger partial charge in [0.1, 0.15) is 10.1 Å². The van der Waals surface area contributed by atoms with E-state index < -0.39 is 35.8 Å². The number of hydrogen-bond acceptors (Lipinski definition) is 6. The molecule has 0 aromatic heterocycles. The van der Waals surface area contributed by atoms with Crippen LogP contribution in [0.1, 0.15) is 0 Å². The maximum Gasteiger partial charge on any atom is 1.00 e. The van der Waals surface area contributed by atoms with Crippen molar-refractivity contribution in [3.8, 4) is 5.75 Å². The van der Waals surface area contributed by atoms with Gasteiger partial charge in [0.2, 0.25) is 0 Å². The third-order valence-corrected chi connectivity index (χ3v) is 4.21. The van der Waals surface area contributed by atoms with E-state index in [-0.39, 0.29) is 69.9 Å². The summed E-state index contributed by atoms with van der Waals surface area (Å²) in [4.78, 5) is -2.00. The van der Waals surface area contributed by atoms with Crippen molar-refractivity contribution < 1.29 is 90.2 Å². The van der Waals surface area contributed by atoms with Crippen LogP contribution in [0.2, 0.25) is 0 Å². The molecule has 0 aliphatic carbocycles. The van der Waals surface area contributed by atoms with Gasteiger partial charge in [0.15, 0.2) is 0 Å². The summed E-state index contributed by atoms with van der Waals surface area (Å²) < 4.78 is 64.3. The molecule has 0 radical (unpaired) electrons. The van der Waals surface area contributed by atoms with Crippen LogP contribution in [-0.2, 0) is 20.2 Å². The van der Waals surface area contributed by atoms with Crippen LogP contribution in [0.3, 0.4) is 0 Å². The van der Waals surface area contributed by atoms with Gasteiger partial charge in [-0.25, -0.2) is 8.42 Å². The van der Waals surface area contributed by atoms with Crippen molar-refractivity contribution >= 4 is 31.0 Å². The van der Waals surface area contributed by atoms with E-state index in [4.69, 9.17) is 4.55 Å². The molecule has 0 atom stereocenters. The van der Waals surface area contributed by atoms with Gasteiger partial charge in [-0.1, -0.05) is 30.0 Å². The molecule has 2 aromatic carbocycles. The molecule has 0 saturated carbocycles. The Morgan fingerprint density at radius 1 is 0.905 bits per heavy atom. The van der Waals surface area contributed by atoms with Crippen molar-refractivity contribution in [3.05, 3.63) is 30.3 Å². The molecule has 2 rings (SSSR count). The molecule has 1 N–H and O–H groups in total. The maximum atomic E-state index is 11.8. The van der Waals surface area contributed by atoms with E-state index in [9.17, 15) is 26.5 Å². The number of fused-ring (bicyclic) bond motifs is 1. The summed E-state index contributed by atoms with van der Waals surface area (Å²) in [6.45, 7) is 0. The molecular formula is C10H6Na2O7S2. The fourth-order valence-electron chi connectivity index (χ4n) is 1.69. The molecule has 0 amide bonds. The predicted molar refractivity (Wildman–Crippen MR) is 61.2 cm³/mol. The van der Waals surface area contributed by atoms with Crippen molar-refractivity contribution in [2.75, 3.05) is 0 Å². The van der Waals surface area contributed by atoms with E-state index in [0.717, 1.165) is 0 Å². The zero-order chi connectivity index (χ0) is 14.4. The topological polar surface area (TPSA) is 135 Å². The van der Waals surface area contributed by atoms with E-state index in [0.29, 0.717) is 6.07 Å². The molecule has 0 heterocycles. The van der Waals surface area contributed by atoms with Crippen molar-refractivity contribution in [2.24, 2.45) is 0 Å². The minimum absolute atomic E-state index is 0. The van der Waals surface area contributed by atoms with Crippen molar-refractivity contribution in [1.82, 2.24) is 0 Å². The zero-order valence-electron chi connectivity index (χ0n) is 11.1. The summed E-state index contributed by atoms with van der Waals surface area (Å²) in [5, 5.41) is 11.4. The third-order valence-electron chi connectivity index (χ3n) is 2.47. The van der Waals surface area contributed by atoms with Crippen molar-refractivity contribution in [2.45, 2.75) is 9.79 Å². The van der Waals surface area contributed by atoms with Gasteiger partial charge in [0, 0.05) is 0 Å². The second-order valence-electron chi connectivity index (χ2n) is 3.68. The molecular weight excluding hydrogens is 342 g/mol. The Morgan fingerprint density at radius 2 is 1.38 bits per heavy atom. The summed E-state index contributed by atoms with van der Waals surface area (Å²) in [7, 11) is -9.92. The average Bonchev–Trinajstić information content (AvgIpc) is 2.26. The van der Waals surface area contributed by atoms with Crippen LogP contribution >= 0.6 is 0 Å². The van der Waals surface area contributed by atoms with E-state index in [1.807, 2.05) is 0 Å². The Balaban J connectivity index is 0.00000200. The number of hydrogen-bond donors (Lipinski definition) is 1. The largest absolute Gasteiger partial charge is 1.00 e. The third kappa shape index (κ3) is 4.41. The van der Waals surface area contributed by atoms with Crippen LogP contribution in [-0.4, -0.2) is 25.9 Å². The molecule has 0 spiro atoms. The molecule has 0 aliphatic rings. The quantitative estimate of drug-likeness (QED) is 0.422. The average molecular weight is 348 g/mol. The second-order valence-corrected chi connectivity index (χ2v) is 6.41. The Hall–Kier alpha value is 0.320. The number of benzene rings is 2.